The van der Waals surface area contributed by atoms with Crippen LogP contribution in [0.15, 0.2) is 12.2 Å². The average molecular weight is 281 g/mol. The summed E-state index contributed by atoms with van der Waals surface area (Å²) in [6.07, 6.45) is 9.00. The first kappa shape index (κ1) is 13.0. The molecule has 3 atom stereocenters. The van der Waals surface area contributed by atoms with E-state index in [4.69, 9.17) is 0 Å². The van der Waals surface area contributed by atoms with E-state index in [1.54, 1.807) is 16.7 Å². The fourth-order valence-corrected chi connectivity index (χ4v) is 4.61. The number of amides is 1. The number of allylic oxidation sites excluding steroid dienone is 2. The number of hydrogen-bond acceptors (Lipinski definition) is 3. The van der Waals surface area contributed by atoms with Gasteiger partial charge in [0.2, 0.25) is 5.91 Å². The highest BCUT2D eigenvalue weighted by molar-refractivity contribution is 8.00. The van der Waals surface area contributed by atoms with Crippen LogP contribution >= 0.6 is 11.8 Å². The van der Waals surface area contributed by atoms with Gasteiger partial charge in [-0.1, -0.05) is 12.2 Å². The summed E-state index contributed by atoms with van der Waals surface area (Å²) in [4.78, 5) is 25.7. The van der Waals surface area contributed by atoms with Crippen molar-refractivity contribution in [2.24, 2.45) is 11.8 Å². The number of rotatable bonds is 3. The number of hydrogen-bond donors (Lipinski definition) is 1. The van der Waals surface area contributed by atoms with Gasteiger partial charge in [0.15, 0.2) is 0 Å². The molecule has 0 aromatic carbocycles. The third-order valence-corrected chi connectivity index (χ3v) is 5.68. The van der Waals surface area contributed by atoms with E-state index in [0.717, 1.165) is 32.1 Å². The van der Waals surface area contributed by atoms with E-state index in [2.05, 4.69) is 12.2 Å². The monoisotopic (exact) mass is 281 g/mol. The lowest BCUT2D eigenvalue weighted by Gasteiger charge is -2.31. The second kappa shape index (κ2) is 5.19. The molecule has 2 aliphatic carbocycles. The lowest BCUT2D eigenvalue weighted by molar-refractivity contribution is -0.151. The standard InChI is InChI=1S/C14H19NO3S/c16-12(9-4-2-1-3-5-9)15-11(14(17)18)8-19-13(15)10-6-7-10/h1-2,9-11,13H,3-8H2,(H,17,18). The molecule has 2 fully saturated rings. The largest absolute Gasteiger partial charge is 0.480 e. The lowest BCUT2D eigenvalue weighted by Crippen LogP contribution is -2.48. The molecule has 5 heteroatoms. The summed E-state index contributed by atoms with van der Waals surface area (Å²) in [6.45, 7) is 0. The van der Waals surface area contributed by atoms with Crippen LogP contribution in [0.2, 0.25) is 0 Å². The number of carboxylic acids is 1. The molecule has 19 heavy (non-hydrogen) atoms. The number of carbonyl (C=O) groups excluding carboxylic acids is 1. The Morgan fingerprint density at radius 3 is 2.58 bits per heavy atom. The molecule has 0 aromatic heterocycles. The molecule has 104 valence electrons. The van der Waals surface area contributed by atoms with E-state index in [1.807, 2.05) is 0 Å². The van der Waals surface area contributed by atoms with Crippen molar-refractivity contribution in [3.63, 3.8) is 0 Å². The molecule has 0 aromatic rings. The lowest BCUT2D eigenvalue weighted by atomic mass is 9.92. The number of nitrogens with zero attached hydrogens (tertiary/aromatic N) is 1. The summed E-state index contributed by atoms with van der Waals surface area (Å²) in [5.74, 6) is 0.281. The molecule has 3 aliphatic rings. The highest BCUT2D eigenvalue weighted by Crippen LogP contribution is 2.46. The van der Waals surface area contributed by atoms with E-state index in [0.29, 0.717) is 11.7 Å². The van der Waals surface area contributed by atoms with Gasteiger partial charge in [0.1, 0.15) is 6.04 Å². The van der Waals surface area contributed by atoms with Gasteiger partial charge in [0.05, 0.1) is 5.37 Å². The normalized spacial score (nSPS) is 34.5. The first-order valence-electron chi connectivity index (χ1n) is 7.00. The van der Waals surface area contributed by atoms with Crippen molar-refractivity contribution < 1.29 is 14.7 Å². The molecule has 3 rings (SSSR count). The van der Waals surface area contributed by atoms with E-state index in [-0.39, 0.29) is 17.2 Å². The predicted octanol–water partition coefficient (Wildman–Crippen LogP) is 2.11. The Labute approximate surface area is 117 Å². The van der Waals surface area contributed by atoms with Crippen LogP contribution in [0.1, 0.15) is 32.1 Å². The summed E-state index contributed by atoms with van der Waals surface area (Å²) in [5.41, 5.74) is 0. The van der Waals surface area contributed by atoms with Crippen LogP contribution in [0.25, 0.3) is 0 Å². The minimum Gasteiger partial charge on any atom is -0.480 e. The van der Waals surface area contributed by atoms with Gasteiger partial charge in [0.25, 0.3) is 0 Å². The molecule has 1 heterocycles. The third kappa shape index (κ3) is 2.53. The fraction of sp³-hybridized carbons (Fsp3) is 0.714. The van der Waals surface area contributed by atoms with Crippen LogP contribution < -0.4 is 0 Å². The maximum absolute atomic E-state index is 12.7. The topological polar surface area (TPSA) is 57.6 Å². The Kier molecular flexibility index (Phi) is 3.56. The highest BCUT2D eigenvalue weighted by Gasteiger charge is 2.49. The zero-order chi connectivity index (χ0) is 13.4. The van der Waals surface area contributed by atoms with Crippen molar-refractivity contribution in [1.82, 2.24) is 4.90 Å². The van der Waals surface area contributed by atoms with E-state index < -0.39 is 12.0 Å². The highest BCUT2D eigenvalue weighted by atomic mass is 32.2. The van der Waals surface area contributed by atoms with E-state index in [1.165, 1.54) is 0 Å². The number of thioether (sulfide) groups is 1. The number of aliphatic carboxylic acids is 1. The van der Waals surface area contributed by atoms with Gasteiger partial charge in [-0.05, 0) is 38.0 Å². The quantitative estimate of drug-likeness (QED) is 0.805. The van der Waals surface area contributed by atoms with Crippen molar-refractivity contribution in [2.45, 2.75) is 43.5 Å². The van der Waals surface area contributed by atoms with Crippen LogP contribution in [0.4, 0.5) is 0 Å². The molecule has 1 N–H and O–H groups in total. The zero-order valence-corrected chi connectivity index (χ0v) is 11.6. The Balaban J connectivity index is 1.78. The van der Waals surface area contributed by atoms with Crippen LogP contribution in [0.5, 0.6) is 0 Å². The summed E-state index contributed by atoms with van der Waals surface area (Å²) in [7, 11) is 0. The van der Waals surface area contributed by atoms with Crippen LogP contribution in [-0.2, 0) is 9.59 Å². The Bertz CT molecular complexity index is 419. The SMILES string of the molecule is O=C(O)C1CSC(C2CC2)N1C(=O)C1CC=CCC1. The minimum absolute atomic E-state index is 0.00759. The molecular formula is C14H19NO3S. The molecule has 0 bridgehead atoms. The molecular weight excluding hydrogens is 262 g/mol. The Morgan fingerprint density at radius 1 is 1.21 bits per heavy atom. The van der Waals surface area contributed by atoms with Gasteiger partial charge in [-0.2, -0.15) is 0 Å². The van der Waals surface area contributed by atoms with Crippen molar-refractivity contribution in [2.75, 3.05) is 5.75 Å². The molecule has 1 aliphatic heterocycles. The third-order valence-electron chi connectivity index (χ3n) is 4.22. The van der Waals surface area contributed by atoms with Gasteiger partial charge in [-0.15, -0.1) is 11.8 Å². The molecule has 3 unspecified atom stereocenters. The molecule has 1 amide bonds. The molecule has 0 radical (unpaired) electrons. The summed E-state index contributed by atoms with van der Waals surface area (Å²) in [5, 5.41) is 9.44. The van der Waals surface area contributed by atoms with Crippen molar-refractivity contribution in [3.8, 4) is 0 Å². The van der Waals surface area contributed by atoms with Crippen molar-refractivity contribution >= 4 is 23.6 Å². The smallest absolute Gasteiger partial charge is 0.327 e. The second-order valence-corrected chi connectivity index (χ2v) is 6.79. The summed E-state index contributed by atoms with van der Waals surface area (Å²) < 4.78 is 0. The maximum atomic E-state index is 12.7. The van der Waals surface area contributed by atoms with E-state index >= 15 is 0 Å². The van der Waals surface area contributed by atoms with Crippen LogP contribution in [0.3, 0.4) is 0 Å². The Morgan fingerprint density at radius 2 is 2.00 bits per heavy atom. The molecule has 1 saturated heterocycles. The van der Waals surface area contributed by atoms with Gasteiger partial charge < -0.3 is 10.0 Å². The number of carboxylic acid groups (broad SMARTS) is 1. The van der Waals surface area contributed by atoms with E-state index in [9.17, 15) is 14.7 Å². The minimum atomic E-state index is -0.852. The van der Waals surface area contributed by atoms with Crippen molar-refractivity contribution in [3.05, 3.63) is 12.2 Å². The van der Waals surface area contributed by atoms with Crippen molar-refractivity contribution in [1.29, 1.82) is 0 Å². The number of carbonyl (C=O) groups is 2. The predicted molar refractivity (Wildman–Crippen MR) is 73.7 cm³/mol. The van der Waals surface area contributed by atoms with Gasteiger partial charge in [-0.25, -0.2) is 4.79 Å². The van der Waals surface area contributed by atoms with Crippen LogP contribution in [-0.4, -0.2) is 39.1 Å². The summed E-state index contributed by atoms with van der Waals surface area (Å²) in [6, 6.07) is -0.617. The first-order valence-corrected chi connectivity index (χ1v) is 8.05. The molecule has 0 spiro atoms. The van der Waals surface area contributed by atoms with Gasteiger partial charge in [0, 0.05) is 11.7 Å². The molecule has 1 saturated carbocycles. The van der Waals surface area contributed by atoms with Gasteiger partial charge >= 0.3 is 5.97 Å². The van der Waals surface area contributed by atoms with Crippen LogP contribution in [0, 0.1) is 11.8 Å². The average Bonchev–Trinajstić information content (AvgIpc) is 3.17. The molecule has 4 nitrogen and oxygen atoms in total. The maximum Gasteiger partial charge on any atom is 0.327 e. The second-order valence-electron chi connectivity index (χ2n) is 5.64. The fourth-order valence-electron chi connectivity index (χ4n) is 2.97. The Hall–Kier alpha value is -0.970. The van der Waals surface area contributed by atoms with Gasteiger partial charge in [-0.3, -0.25) is 4.79 Å². The first-order chi connectivity index (χ1) is 9.18. The zero-order valence-electron chi connectivity index (χ0n) is 10.8. The summed E-state index contributed by atoms with van der Waals surface area (Å²) >= 11 is 1.66.